The molecule has 1 saturated carbocycles. The monoisotopic (exact) mass is 803 g/mol. The van der Waals surface area contributed by atoms with E-state index in [0.717, 1.165) is 75.8 Å². The molecule has 12 nitrogen and oxygen atoms in total. The van der Waals surface area contributed by atoms with Crippen LogP contribution in [-0.2, 0) is 22.7 Å². The zero-order valence-electron chi connectivity index (χ0n) is 33.6. The number of hydrogen-bond acceptors (Lipinski definition) is 10. The van der Waals surface area contributed by atoms with Gasteiger partial charge in [-0.25, -0.2) is 0 Å². The van der Waals surface area contributed by atoms with Crippen molar-refractivity contribution >= 4 is 46.6 Å². The highest BCUT2D eigenvalue weighted by Gasteiger charge is 2.65. The number of nitriles is 1. The summed E-state index contributed by atoms with van der Waals surface area (Å²) in [6.07, 6.45) is 2.27. The van der Waals surface area contributed by atoms with Crippen molar-refractivity contribution in [2.24, 2.45) is 10.8 Å². The van der Waals surface area contributed by atoms with Crippen LogP contribution in [0.1, 0.15) is 90.8 Å². The van der Waals surface area contributed by atoms with E-state index in [4.69, 9.17) is 16.3 Å². The maximum atomic E-state index is 13.4. The summed E-state index contributed by atoms with van der Waals surface area (Å²) in [5.41, 5.74) is 5.91. The maximum Gasteiger partial charge on any atom is 0.262 e. The van der Waals surface area contributed by atoms with E-state index in [1.165, 1.54) is 16.8 Å². The molecule has 0 bridgehead atoms. The summed E-state index contributed by atoms with van der Waals surface area (Å²) in [4.78, 5) is 61.8. The van der Waals surface area contributed by atoms with Crippen molar-refractivity contribution in [1.29, 1.82) is 5.26 Å². The van der Waals surface area contributed by atoms with E-state index >= 15 is 0 Å². The Kier molecular flexibility index (Phi) is 9.57. The van der Waals surface area contributed by atoms with Crippen molar-refractivity contribution in [3.63, 3.8) is 0 Å². The van der Waals surface area contributed by atoms with E-state index in [9.17, 15) is 24.4 Å². The number of ether oxygens (including phenoxy) is 1. The first-order valence-electron chi connectivity index (χ1n) is 20.6. The van der Waals surface area contributed by atoms with Crippen LogP contribution in [0.25, 0.3) is 0 Å². The fraction of sp³-hybridized carbons (Fsp3) is 0.489. The molecule has 5 heterocycles. The second-order valence-electron chi connectivity index (χ2n) is 18.1. The molecule has 1 aliphatic carbocycles. The lowest BCUT2D eigenvalue weighted by molar-refractivity contribution is -0.211. The van der Waals surface area contributed by atoms with Crippen molar-refractivity contribution in [1.82, 2.24) is 20.0 Å². The second kappa shape index (κ2) is 14.4. The second-order valence-corrected chi connectivity index (χ2v) is 18.5. The lowest BCUT2D eigenvalue weighted by atomic mass is 9.49. The molecule has 3 aromatic rings. The molecule has 1 unspecified atom stereocenters. The number of benzene rings is 3. The number of nitrogens with one attached hydrogen (secondary N) is 1. The minimum Gasteiger partial charge on any atom is -0.489 e. The number of piperazine rings is 1. The van der Waals surface area contributed by atoms with Gasteiger partial charge in [-0.15, -0.1) is 0 Å². The predicted molar refractivity (Wildman–Crippen MR) is 220 cm³/mol. The molecule has 13 heteroatoms. The van der Waals surface area contributed by atoms with Gasteiger partial charge in [0.25, 0.3) is 11.8 Å². The Morgan fingerprint density at radius 1 is 0.741 bits per heavy atom. The highest BCUT2D eigenvalue weighted by atomic mass is 35.5. The van der Waals surface area contributed by atoms with Crippen LogP contribution in [0.3, 0.4) is 0 Å². The van der Waals surface area contributed by atoms with Gasteiger partial charge in [0, 0.05) is 99.1 Å². The number of nitrogens with zero attached hydrogens (tertiary/aromatic N) is 6. The predicted octanol–water partition coefficient (Wildman–Crippen LogP) is 5.60. The van der Waals surface area contributed by atoms with Crippen LogP contribution in [0, 0.1) is 22.2 Å². The topological polar surface area (TPSA) is 130 Å². The Hall–Kier alpha value is -4.96. The van der Waals surface area contributed by atoms with Gasteiger partial charge in [-0.05, 0) is 72.9 Å². The quantitative estimate of drug-likeness (QED) is 0.302. The third-order valence-electron chi connectivity index (χ3n) is 13.8. The van der Waals surface area contributed by atoms with Crippen LogP contribution < -0.4 is 19.9 Å². The van der Waals surface area contributed by atoms with Crippen LogP contribution in [0.4, 0.5) is 11.4 Å². The number of hydrogen-bond donors (Lipinski definition) is 1. The summed E-state index contributed by atoms with van der Waals surface area (Å²) < 4.78 is 6.58. The molecule has 6 aliphatic rings. The molecule has 1 atom stereocenters. The van der Waals surface area contributed by atoms with Crippen LogP contribution in [-0.4, -0.2) is 102 Å². The molecule has 3 saturated heterocycles. The van der Waals surface area contributed by atoms with E-state index < -0.39 is 23.8 Å². The zero-order valence-corrected chi connectivity index (χ0v) is 34.3. The maximum absolute atomic E-state index is 13.4. The normalized spacial score (nSPS) is 25.9. The summed E-state index contributed by atoms with van der Waals surface area (Å²) in [7, 11) is 0. The van der Waals surface area contributed by atoms with Crippen molar-refractivity contribution in [2.45, 2.75) is 90.7 Å². The fourth-order valence-corrected chi connectivity index (χ4v) is 11.6. The van der Waals surface area contributed by atoms with E-state index in [1.807, 2.05) is 12.1 Å². The average Bonchev–Trinajstić information content (AvgIpc) is 3.72. The van der Waals surface area contributed by atoms with Crippen molar-refractivity contribution in [3.8, 4) is 11.8 Å². The van der Waals surface area contributed by atoms with Gasteiger partial charge in [0.05, 0.1) is 21.7 Å². The number of fused-ring (bicyclic) bond motifs is 2. The highest BCUT2D eigenvalue weighted by molar-refractivity contribution is 6.31. The Balaban J connectivity index is 0.776. The minimum atomic E-state index is -0.964. The smallest absolute Gasteiger partial charge is 0.262 e. The van der Waals surface area contributed by atoms with Gasteiger partial charge in [0.1, 0.15) is 24.0 Å². The van der Waals surface area contributed by atoms with Crippen LogP contribution in [0.15, 0.2) is 54.6 Å². The third-order valence-corrected chi connectivity index (χ3v) is 14.1. The molecule has 3 aromatic carbocycles. The Morgan fingerprint density at radius 3 is 2.09 bits per heavy atom. The first-order chi connectivity index (χ1) is 27.7. The molecule has 0 aromatic heterocycles. The Bertz CT molecular complexity index is 2240. The van der Waals surface area contributed by atoms with E-state index in [1.54, 1.807) is 24.3 Å². The summed E-state index contributed by atoms with van der Waals surface area (Å²) >= 11 is 6.33. The molecule has 58 heavy (non-hydrogen) atoms. The summed E-state index contributed by atoms with van der Waals surface area (Å²) in [6.45, 7) is 16.7. The lowest BCUT2D eigenvalue weighted by Gasteiger charge is -2.65. The Labute approximate surface area is 344 Å². The summed E-state index contributed by atoms with van der Waals surface area (Å²) in [5.74, 6) is -1.23. The molecular weight excluding hydrogens is 754 g/mol. The fourth-order valence-electron chi connectivity index (χ4n) is 11.4. The zero-order chi connectivity index (χ0) is 40.7. The van der Waals surface area contributed by atoms with E-state index in [0.29, 0.717) is 39.5 Å². The third kappa shape index (κ3) is 6.42. The SMILES string of the molecule is CC1(C)C(Oc2ccc(C#N)c(Cl)c2)C(C)(C)C1N1Cc2ccc(N3CCN(C4CCN(c5ccc6c(c5)C(=O)N(C5CCC(=O)NC5=O)C6=O)CC4)CC3)cc2C1. The number of carbonyl (C=O) groups is 4. The standard InChI is InChI=1S/C45H50ClN7O5/c1-44(2)42(45(3,4)43(44)58-33-9-6-27(24-47)36(46)23-33)52-25-28-5-7-31(21-29(28)26-52)51-19-17-50(18-20-51)30-13-15-49(16-14-30)32-8-10-34-35(22-32)41(57)53(40(34)56)37-11-12-38(54)48-39(37)55/h5-10,21-23,30,37,42-43H,11-20,25-26H2,1-4H3,(H,48,54,55). The van der Waals surface area contributed by atoms with Crippen LogP contribution >= 0.6 is 11.6 Å². The number of rotatable bonds is 7. The summed E-state index contributed by atoms with van der Waals surface area (Å²) in [6, 6.07) is 19.7. The first-order valence-corrected chi connectivity index (χ1v) is 20.9. The first kappa shape index (κ1) is 38.6. The van der Waals surface area contributed by atoms with Crippen molar-refractivity contribution in [2.75, 3.05) is 49.1 Å². The van der Waals surface area contributed by atoms with Gasteiger partial charge < -0.3 is 14.5 Å². The van der Waals surface area contributed by atoms with Gasteiger partial charge >= 0.3 is 0 Å². The van der Waals surface area contributed by atoms with Gasteiger partial charge in [-0.2, -0.15) is 5.26 Å². The van der Waals surface area contributed by atoms with Crippen LogP contribution in [0.2, 0.25) is 5.02 Å². The molecule has 0 spiro atoms. The van der Waals surface area contributed by atoms with E-state index in [2.05, 4.69) is 76.9 Å². The van der Waals surface area contributed by atoms with Crippen LogP contribution in [0.5, 0.6) is 5.75 Å². The number of halogens is 1. The molecule has 1 N–H and O–H groups in total. The van der Waals surface area contributed by atoms with Gasteiger partial charge in [-0.1, -0.05) is 45.4 Å². The summed E-state index contributed by atoms with van der Waals surface area (Å²) in [5, 5.41) is 12.0. The number of carbonyl (C=O) groups excluding carboxylic acids is 4. The number of anilines is 2. The highest BCUT2D eigenvalue weighted by Crippen LogP contribution is 2.59. The van der Waals surface area contributed by atoms with Crippen molar-refractivity contribution in [3.05, 3.63) is 87.4 Å². The van der Waals surface area contributed by atoms with Gasteiger partial charge in [-0.3, -0.25) is 39.2 Å². The van der Waals surface area contributed by atoms with Crippen molar-refractivity contribution < 1.29 is 23.9 Å². The molecule has 4 fully saturated rings. The molecule has 0 radical (unpaired) electrons. The number of piperidine rings is 2. The van der Waals surface area contributed by atoms with E-state index in [-0.39, 0.29) is 35.7 Å². The minimum absolute atomic E-state index is 0.00611. The Morgan fingerprint density at radius 2 is 1.40 bits per heavy atom. The average molecular weight is 804 g/mol. The number of amides is 4. The lowest BCUT2D eigenvalue weighted by Crippen LogP contribution is -2.74. The molecular formula is C45H50ClN7O5. The largest absolute Gasteiger partial charge is 0.489 e. The van der Waals surface area contributed by atoms with Gasteiger partial charge in [0.15, 0.2) is 0 Å². The van der Waals surface area contributed by atoms with Gasteiger partial charge in [0.2, 0.25) is 11.8 Å². The molecule has 9 rings (SSSR count). The molecule has 5 aliphatic heterocycles. The molecule has 302 valence electrons. The molecule has 4 amide bonds. The number of imide groups is 2.